The SMILES string of the molecule is Fc1ccc(CNC[C@H]2Cn3c(-c4ccc5c(c4)OCCO5)cnc3CO2)cc1. The van der Waals surface area contributed by atoms with Gasteiger partial charge in [-0.15, -0.1) is 0 Å². The largest absolute Gasteiger partial charge is 0.486 e. The molecule has 3 heterocycles. The number of hydrogen-bond acceptors (Lipinski definition) is 5. The zero-order chi connectivity index (χ0) is 19.6. The standard InChI is InChI=1S/C22H22FN3O3/c23-17-4-1-15(2-5-17)10-24-11-18-13-26-19(12-25-22(26)14-29-18)16-3-6-20-21(9-16)28-8-7-27-20/h1-6,9,12,18,24H,7-8,10-11,13-14H2/t18-/m0/s1. The van der Waals surface area contributed by atoms with Gasteiger partial charge in [0.15, 0.2) is 11.5 Å². The van der Waals surface area contributed by atoms with Crippen LogP contribution in [0, 0.1) is 5.82 Å². The van der Waals surface area contributed by atoms with E-state index in [1.165, 1.54) is 12.1 Å². The van der Waals surface area contributed by atoms with Crippen molar-refractivity contribution in [2.75, 3.05) is 19.8 Å². The lowest BCUT2D eigenvalue weighted by Crippen LogP contribution is -2.36. The average molecular weight is 395 g/mol. The lowest BCUT2D eigenvalue weighted by atomic mass is 10.1. The van der Waals surface area contributed by atoms with Gasteiger partial charge in [0.1, 0.15) is 31.5 Å². The topological polar surface area (TPSA) is 57.5 Å². The maximum Gasteiger partial charge on any atom is 0.162 e. The number of aromatic nitrogens is 2. The molecule has 1 N–H and O–H groups in total. The van der Waals surface area contributed by atoms with Crippen molar-refractivity contribution >= 4 is 0 Å². The molecule has 0 bridgehead atoms. The summed E-state index contributed by atoms with van der Waals surface area (Å²) in [4.78, 5) is 4.53. The van der Waals surface area contributed by atoms with Crippen molar-refractivity contribution in [1.82, 2.24) is 14.9 Å². The van der Waals surface area contributed by atoms with Gasteiger partial charge in [-0.3, -0.25) is 0 Å². The Bertz CT molecular complexity index is 1000. The quantitative estimate of drug-likeness (QED) is 0.719. The molecule has 0 amide bonds. The van der Waals surface area contributed by atoms with E-state index in [9.17, 15) is 4.39 Å². The van der Waals surface area contributed by atoms with Crippen LogP contribution < -0.4 is 14.8 Å². The Hall–Kier alpha value is -2.90. The Morgan fingerprint density at radius 3 is 2.76 bits per heavy atom. The lowest BCUT2D eigenvalue weighted by molar-refractivity contribution is 0.00325. The summed E-state index contributed by atoms with van der Waals surface area (Å²) in [7, 11) is 0. The molecule has 0 spiro atoms. The van der Waals surface area contributed by atoms with Crippen LogP contribution in [0.4, 0.5) is 4.39 Å². The summed E-state index contributed by atoms with van der Waals surface area (Å²) in [6, 6.07) is 12.5. The smallest absolute Gasteiger partial charge is 0.162 e. The zero-order valence-corrected chi connectivity index (χ0v) is 15.9. The number of nitrogens with one attached hydrogen (secondary N) is 1. The van der Waals surface area contributed by atoms with E-state index in [1.54, 1.807) is 12.1 Å². The van der Waals surface area contributed by atoms with E-state index in [0.717, 1.165) is 40.7 Å². The highest BCUT2D eigenvalue weighted by Gasteiger charge is 2.23. The van der Waals surface area contributed by atoms with Gasteiger partial charge in [-0.1, -0.05) is 12.1 Å². The van der Waals surface area contributed by atoms with E-state index >= 15 is 0 Å². The summed E-state index contributed by atoms with van der Waals surface area (Å²) in [5.41, 5.74) is 3.14. The van der Waals surface area contributed by atoms with Crippen LogP contribution in [-0.4, -0.2) is 35.4 Å². The van der Waals surface area contributed by atoms with Gasteiger partial charge in [-0.05, 0) is 35.9 Å². The van der Waals surface area contributed by atoms with Gasteiger partial charge in [0.2, 0.25) is 0 Å². The Morgan fingerprint density at radius 1 is 1.07 bits per heavy atom. The maximum atomic E-state index is 13.0. The van der Waals surface area contributed by atoms with Gasteiger partial charge in [0.05, 0.1) is 24.5 Å². The second-order valence-electron chi connectivity index (χ2n) is 7.22. The average Bonchev–Trinajstić information content (AvgIpc) is 3.18. The third-order valence-corrected chi connectivity index (χ3v) is 5.22. The van der Waals surface area contributed by atoms with Crippen molar-refractivity contribution in [3.8, 4) is 22.8 Å². The van der Waals surface area contributed by atoms with Crippen molar-refractivity contribution in [2.45, 2.75) is 25.8 Å². The van der Waals surface area contributed by atoms with E-state index in [0.29, 0.717) is 32.9 Å². The fraction of sp³-hybridized carbons (Fsp3) is 0.318. The number of fused-ring (bicyclic) bond motifs is 2. The summed E-state index contributed by atoms with van der Waals surface area (Å²) in [5, 5.41) is 3.40. The van der Waals surface area contributed by atoms with Gasteiger partial charge in [0, 0.05) is 18.7 Å². The Morgan fingerprint density at radius 2 is 1.90 bits per heavy atom. The van der Waals surface area contributed by atoms with Crippen LogP contribution in [-0.2, 0) is 24.4 Å². The molecular formula is C22H22FN3O3. The van der Waals surface area contributed by atoms with Gasteiger partial charge < -0.3 is 24.1 Å². The van der Waals surface area contributed by atoms with Crippen LogP contribution in [0.15, 0.2) is 48.7 Å². The van der Waals surface area contributed by atoms with Crippen LogP contribution in [0.1, 0.15) is 11.4 Å². The minimum absolute atomic E-state index is 0.0353. The Kier molecular flexibility index (Phi) is 4.91. The number of ether oxygens (including phenoxy) is 3. The van der Waals surface area contributed by atoms with E-state index in [-0.39, 0.29) is 11.9 Å². The normalized spacial score (nSPS) is 17.8. The first-order valence-corrected chi connectivity index (χ1v) is 9.77. The molecule has 0 saturated heterocycles. The molecule has 2 aliphatic heterocycles. The molecule has 2 aromatic carbocycles. The molecule has 0 radical (unpaired) electrons. The molecule has 1 atom stereocenters. The van der Waals surface area contributed by atoms with E-state index in [4.69, 9.17) is 14.2 Å². The van der Waals surface area contributed by atoms with Gasteiger partial charge in [0.25, 0.3) is 0 Å². The highest BCUT2D eigenvalue weighted by Crippen LogP contribution is 2.35. The van der Waals surface area contributed by atoms with E-state index in [2.05, 4.69) is 14.9 Å². The van der Waals surface area contributed by atoms with Crippen LogP contribution in [0.3, 0.4) is 0 Å². The second kappa shape index (κ2) is 7.85. The molecule has 6 nitrogen and oxygen atoms in total. The van der Waals surface area contributed by atoms with Gasteiger partial charge in [-0.2, -0.15) is 0 Å². The first-order chi connectivity index (χ1) is 14.3. The maximum absolute atomic E-state index is 13.0. The first-order valence-electron chi connectivity index (χ1n) is 9.77. The molecule has 2 aliphatic rings. The molecule has 7 heteroatoms. The fourth-order valence-electron chi connectivity index (χ4n) is 3.72. The third kappa shape index (κ3) is 3.83. The Labute approximate surface area is 168 Å². The molecule has 1 aromatic heterocycles. The molecule has 150 valence electrons. The van der Waals surface area contributed by atoms with Crippen molar-refractivity contribution < 1.29 is 18.6 Å². The molecule has 3 aromatic rings. The number of benzene rings is 2. The minimum atomic E-state index is -0.219. The van der Waals surface area contributed by atoms with Gasteiger partial charge >= 0.3 is 0 Å². The number of rotatable bonds is 5. The fourth-order valence-corrected chi connectivity index (χ4v) is 3.72. The monoisotopic (exact) mass is 395 g/mol. The number of imidazole rings is 1. The van der Waals surface area contributed by atoms with Crippen LogP contribution in [0.5, 0.6) is 11.5 Å². The van der Waals surface area contributed by atoms with Crippen molar-refractivity contribution in [3.05, 3.63) is 65.9 Å². The summed E-state index contributed by atoms with van der Waals surface area (Å²) in [5.74, 6) is 2.26. The predicted octanol–water partition coefficient (Wildman–Crippen LogP) is 3.15. The molecular weight excluding hydrogens is 373 g/mol. The Balaban J connectivity index is 1.27. The van der Waals surface area contributed by atoms with Crippen LogP contribution in [0.25, 0.3) is 11.3 Å². The lowest BCUT2D eigenvalue weighted by Gasteiger charge is -2.26. The zero-order valence-electron chi connectivity index (χ0n) is 15.9. The molecule has 0 saturated carbocycles. The molecule has 0 unspecified atom stereocenters. The van der Waals surface area contributed by atoms with Crippen molar-refractivity contribution in [1.29, 1.82) is 0 Å². The minimum Gasteiger partial charge on any atom is -0.486 e. The summed E-state index contributed by atoms with van der Waals surface area (Å²) < 4.78 is 32.5. The first kappa shape index (κ1) is 18.1. The van der Waals surface area contributed by atoms with Crippen LogP contribution in [0.2, 0.25) is 0 Å². The number of hydrogen-bond donors (Lipinski definition) is 1. The summed E-state index contributed by atoms with van der Waals surface area (Å²) in [6.45, 7) is 3.72. The second-order valence-corrected chi connectivity index (χ2v) is 7.22. The highest BCUT2D eigenvalue weighted by molar-refractivity contribution is 5.64. The number of nitrogens with zero attached hydrogens (tertiary/aromatic N) is 2. The molecule has 29 heavy (non-hydrogen) atoms. The molecule has 0 fully saturated rings. The van der Waals surface area contributed by atoms with Crippen molar-refractivity contribution in [3.63, 3.8) is 0 Å². The van der Waals surface area contributed by atoms with E-state index in [1.807, 2.05) is 24.4 Å². The van der Waals surface area contributed by atoms with Gasteiger partial charge in [-0.25, -0.2) is 9.37 Å². The highest BCUT2D eigenvalue weighted by atomic mass is 19.1. The number of halogens is 1. The summed E-state index contributed by atoms with van der Waals surface area (Å²) in [6.07, 6.45) is 1.92. The van der Waals surface area contributed by atoms with E-state index < -0.39 is 0 Å². The molecule has 5 rings (SSSR count). The molecule has 0 aliphatic carbocycles. The van der Waals surface area contributed by atoms with Crippen molar-refractivity contribution in [2.24, 2.45) is 0 Å². The predicted molar refractivity (Wildman–Crippen MR) is 105 cm³/mol. The summed E-state index contributed by atoms with van der Waals surface area (Å²) >= 11 is 0. The third-order valence-electron chi connectivity index (χ3n) is 5.22. The van der Waals surface area contributed by atoms with Crippen LogP contribution >= 0.6 is 0 Å².